The Morgan fingerprint density at radius 1 is 1.48 bits per heavy atom. The minimum absolute atomic E-state index is 0.0434. The monoisotopic (exact) mass is 322 g/mol. The lowest BCUT2D eigenvalue weighted by Gasteiger charge is -2.34. The van der Waals surface area contributed by atoms with Gasteiger partial charge in [0.25, 0.3) is 0 Å². The van der Waals surface area contributed by atoms with Crippen LogP contribution in [0.3, 0.4) is 0 Å². The van der Waals surface area contributed by atoms with Crippen LogP contribution in [-0.2, 0) is 10.9 Å². The van der Waals surface area contributed by atoms with E-state index in [-0.39, 0.29) is 5.02 Å². The van der Waals surface area contributed by atoms with Crippen molar-refractivity contribution in [1.82, 2.24) is 4.98 Å². The van der Waals surface area contributed by atoms with Gasteiger partial charge in [0.1, 0.15) is 5.82 Å². The quantitative estimate of drug-likeness (QED) is 0.837. The molecule has 1 aliphatic rings. The van der Waals surface area contributed by atoms with Gasteiger partial charge >= 0.3 is 6.18 Å². The van der Waals surface area contributed by atoms with Crippen molar-refractivity contribution in [2.45, 2.75) is 25.9 Å². The Kier molecular flexibility index (Phi) is 5.32. The first-order valence-electron chi connectivity index (χ1n) is 6.97. The van der Waals surface area contributed by atoms with Gasteiger partial charge in [0.15, 0.2) is 0 Å². The highest BCUT2D eigenvalue weighted by Crippen LogP contribution is 2.34. The van der Waals surface area contributed by atoms with Gasteiger partial charge in [-0.25, -0.2) is 4.98 Å². The predicted molar refractivity (Wildman–Crippen MR) is 75.7 cm³/mol. The number of alkyl halides is 3. The second-order valence-electron chi connectivity index (χ2n) is 5.14. The lowest BCUT2D eigenvalue weighted by Crippen LogP contribution is -2.38. The minimum Gasteiger partial charge on any atom is -0.381 e. The maximum atomic E-state index is 12.6. The van der Waals surface area contributed by atoms with Crippen LogP contribution < -0.4 is 4.90 Å². The van der Waals surface area contributed by atoms with Gasteiger partial charge in [-0.1, -0.05) is 11.6 Å². The Labute approximate surface area is 127 Å². The molecule has 1 unspecified atom stereocenters. The zero-order valence-corrected chi connectivity index (χ0v) is 12.5. The summed E-state index contributed by atoms with van der Waals surface area (Å²) in [7, 11) is 0. The van der Waals surface area contributed by atoms with E-state index < -0.39 is 11.7 Å². The van der Waals surface area contributed by atoms with Crippen molar-refractivity contribution in [3.05, 3.63) is 22.8 Å². The molecule has 21 heavy (non-hydrogen) atoms. The van der Waals surface area contributed by atoms with Gasteiger partial charge in [-0.3, -0.25) is 0 Å². The third-order valence-electron chi connectivity index (χ3n) is 3.53. The smallest absolute Gasteiger partial charge is 0.381 e. The molecule has 7 heteroatoms. The van der Waals surface area contributed by atoms with E-state index in [9.17, 15) is 13.2 Å². The Hall–Kier alpha value is -1.01. The fourth-order valence-electron chi connectivity index (χ4n) is 2.50. The third kappa shape index (κ3) is 4.23. The molecule has 0 N–H and O–H groups in total. The van der Waals surface area contributed by atoms with Crippen LogP contribution in [0.15, 0.2) is 12.3 Å². The standard InChI is InChI=1S/C14H18ClF3N2O/c1-2-21-9-10-4-3-5-20(8-10)13-12(15)6-11(7-19-13)14(16,17)18/h6-7,10H,2-5,8-9H2,1H3. The van der Waals surface area contributed by atoms with Gasteiger partial charge in [-0.05, 0) is 31.7 Å². The second kappa shape index (κ2) is 6.83. The molecule has 2 rings (SSSR count). The van der Waals surface area contributed by atoms with E-state index in [2.05, 4.69) is 4.98 Å². The number of hydrogen-bond acceptors (Lipinski definition) is 3. The fraction of sp³-hybridized carbons (Fsp3) is 0.643. The van der Waals surface area contributed by atoms with Crippen molar-refractivity contribution >= 4 is 17.4 Å². The summed E-state index contributed by atoms with van der Waals surface area (Å²) in [5.41, 5.74) is -0.820. The number of anilines is 1. The number of hydrogen-bond donors (Lipinski definition) is 0. The SMILES string of the molecule is CCOCC1CCCN(c2ncc(C(F)(F)F)cc2Cl)C1. The summed E-state index contributed by atoms with van der Waals surface area (Å²) in [6.45, 7) is 4.72. The van der Waals surface area contributed by atoms with Gasteiger partial charge in [0.05, 0.1) is 17.2 Å². The predicted octanol–water partition coefficient (Wildman–Crippen LogP) is 4.01. The summed E-state index contributed by atoms with van der Waals surface area (Å²) >= 11 is 5.99. The van der Waals surface area contributed by atoms with Crippen molar-refractivity contribution in [2.75, 3.05) is 31.2 Å². The van der Waals surface area contributed by atoms with Crippen LogP contribution in [-0.4, -0.2) is 31.3 Å². The second-order valence-corrected chi connectivity index (χ2v) is 5.55. The topological polar surface area (TPSA) is 25.4 Å². The molecule has 1 saturated heterocycles. The van der Waals surface area contributed by atoms with Gasteiger partial charge in [0, 0.05) is 25.9 Å². The molecule has 0 aromatic carbocycles. The first kappa shape index (κ1) is 16.4. The van der Waals surface area contributed by atoms with E-state index in [0.717, 1.165) is 31.6 Å². The van der Waals surface area contributed by atoms with Crippen LogP contribution in [0.25, 0.3) is 0 Å². The first-order chi connectivity index (χ1) is 9.91. The number of ether oxygens (including phenoxy) is 1. The summed E-state index contributed by atoms with van der Waals surface area (Å²) in [6.07, 6.45) is -1.58. The van der Waals surface area contributed by atoms with E-state index in [1.54, 1.807) is 0 Å². The molecular weight excluding hydrogens is 305 g/mol. The Balaban J connectivity index is 2.10. The zero-order valence-electron chi connectivity index (χ0n) is 11.8. The number of halogens is 4. The molecule has 0 amide bonds. The molecule has 3 nitrogen and oxygen atoms in total. The molecule has 1 atom stereocenters. The molecule has 0 saturated carbocycles. The Morgan fingerprint density at radius 2 is 2.24 bits per heavy atom. The van der Waals surface area contributed by atoms with Crippen LogP contribution in [0.2, 0.25) is 5.02 Å². The molecule has 1 aliphatic heterocycles. The van der Waals surface area contributed by atoms with Crippen LogP contribution in [0.5, 0.6) is 0 Å². The Morgan fingerprint density at radius 3 is 2.86 bits per heavy atom. The summed E-state index contributed by atoms with van der Waals surface area (Å²) in [4.78, 5) is 5.86. The number of pyridine rings is 1. The molecule has 1 aromatic rings. The Bertz CT molecular complexity index is 482. The largest absolute Gasteiger partial charge is 0.417 e. The third-order valence-corrected chi connectivity index (χ3v) is 3.80. The highest BCUT2D eigenvalue weighted by atomic mass is 35.5. The number of rotatable bonds is 4. The molecule has 0 radical (unpaired) electrons. The highest BCUT2D eigenvalue weighted by molar-refractivity contribution is 6.33. The zero-order chi connectivity index (χ0) is 15.5. The lowest BCUT2D eigenvalue weighted by atomic mass is 9.99. The van der Waals surface area contributed by atoms with E-state index >= 15 is 0 Å². The van der Waals surface area contributed by atoms with E-state index in [1.165, 1.54) is 0 Å². The molecule has 118 valence electrons. The normalized spacial score (nSPS) is 19.9. The molecule has 1 fully saturated rings. The summed E-state index contributed by atoms with van der Waals surface area (Å²) in [5.74, 6) is 0.782. The maximum Gasteiger partial charge on any atom is 0.417 e. The van der Waals surface area contributed by atoms with Gasteiger partial charge in [0.2, 0.25) is 0 Å². The van der Waals surface area contributed by atoms with Crippen molar-refractivity contribution in [2.24, 2.45) is 5.92 Å². The summed E-state index contributed by atoms with van der Waals surface area (Å²) in [6, 6.07) is 0.941. The average molecular weight is 323 g/mol. The van der Waals surface area contributed by atoms with Gasteiger partial charge in [-0.15, -0.1) is 0 Å². The molecular formula is C14H18ClF3N2O. The fourth-order valence-corrected chi connectivity index (χ4v) is 2.78. The number of piperidine rings is 1. The van der Waals surface area contributed by atoms with Crippen molar-refractivity contribution in [1.29, 1.82) is 0 Å². The van der Waals surface area contributed by atoms with Gasteiger partial charge < -0.3 is 9.64 Å². The van der Waals surface area contributed by atoms with Gasteiger partial charge in [-0.2, -0.15) is 13.2 Å². The van der Waals surface area contributed by atoms with Crippen molar-refractivity contribution < 1.29 is 17.9 Å². The molecule has 1 aromatic heterocycles. The summed E-state index contributed by atoms with van der Waals surface area (Å²) < 4.78 is 43.3. The minimum atomic E-state index is -4.42. The number of aromatic nitrogens is 1. The van der Waals surface area contributed by atoms with E-state index in [0.29, 0.717) is 31.5 Å². The van der Waals surface area contributed by atoms with Crippen LogP contribution in [0, 0.1) is 5.92 Å². The lowest BCUT2D eigenvalue weighted by molar-refractivity contribution is -0.137. The highest BCUT2D eigenvalue weighted by Gasteiger charge is 2.32. The first-order valence-corrected chi connectivity index (χ1v) is 7.35. The van der Waals surface area contributed by atoms with Crippen molar-refractivity contribution in [3.8, 4) is 0 Å². The number of nitrogens with zero attached hydrogens (tertiary/aromatic N) is 2. The molecule has 0 bridgehead atoms. The maximum absolute atomic E-state index is 12.6. The van der Waals surface area contributed by atoms with E-state index in [4.69, 9.17) is 16.3 Å². The molecule has 2 heterocycles. The molecule has 0 aliphatic carbocycles. The van der Waals surface area contributed by atoms with E-state index in [1.807, 2.05) is 11.8 Å². The van der Waals surface area contributed by atoms with Crippen LogP contribution in [0.1, 0.15) is 25.3 Å². The van der Waals surface area contributed by atoms with Crippen LogP contribution in [0.4, 0.5) is 19.0 Å². The average Bonchev–Trinajstić information content (AvgIpc) is 2.44. The van der Waals surface area contributed by atoms with Crippen molar-refractivity contribution in [3.63, 3.8) is 0 Å². The summed E-state index contributed by atoms with van der Waals surface area (Å²) in [5, 5.41) is 0.0434. The molecule has 0 spiro atoms. The van der Waals surface area contributed by atoms with Crippen LogP contribution >= 0.6 is 11.6 Å².